The summed E-state index contributed by atoms with van der Waals surface area (Å²) in [4.78, 5) is 46.8. The molecule has 0 spiro atoms. The van der Waals surface area contributed by atoms with Crippen LogP contribution in [0.25, 0.3) is 10.6 Å². The number of amides is 2. The van der Waals surface area contributed by atoms with E-state index in [9.17, 15) is 23.9 Å². The maximum Gasteiger partial charge on any atom is 0.274 e. The number of nitrogens with zero attached hydrogens (tertiary/aromatic N) is 3. The number of ether oxygens (including phenoxy) is 1. The molecule has 2 amide bonds. The van der Waals surface area contributed by atoms with Gasteiger partial charge in [-0.3, -0.25) is 14.4 Å². The summed E-state index contributed by atoms with van der Waals surface area (Å²) in [6, 6.07) is 5.80. The minimum Gasteiger partial charge on any atom is -0.503 e. The Morgan fingerprint density at radius 2 is 2.00 bits per heavy atom. The molecule has 3 heterocycles. The quantitative estimate of drug-likeness (QED) is 0.465. The van der Waals surface area contributed by atoms with Gasteiger partial charge in [-0.25, -0.2) is 9.37 Å². The van der Waals surface area contributed by atoms with Crippen LogP contribution in [0.15, 0.2) is 41.5 Å². The number of thiazole rings is 1. The number of rotatable bonds is 8. The molecule has 0 unspecified atom stereocenters. The number of fused-ring (bicyclic) bond motifs is 1. The van der Waals surface area contributed by atoms with Gasteiger partial charge in [0, 0.05) is 43.4 Å². The van der Waals surface area contributed by atoms with Crippen molar-refractivity contribution >= 4 is 23.2 Å². The van der Waals surface area contributed by atoms with Gasteiger partial charge in [-0.1, -0.05) is 12.1 Å². The molecule has 0 fully saturated rings. The van der Waals surface area contributed by atoms with Crippen LogP contribution in [-0.2, 0) is 21.5 Å². The summed E-state index contributed by atoms with van der Waals surface area (Å²) in [5.74, 6) is -2.03. The highest BCUT2D eigenvalue weighted by atomic mass is 32.1. The summed E-state index contributed by atoms with van der Waals surface area (Å²) in [7, 11) is 1.45. The average Bonchev–Trinajstić information content (AvgIpc) is 3.32. The molecule has 9 nitrogen and oxygen atoms in total. The minimum atomic E-state index is -1.42. The Hall–Kier alpha value is -3.57. The summed E-state index contributed by atoms with van der Waals surface area (Å²) in [6.45, 7) is 5.60. The Balaban J connectivity index is 1.87. The van der Waals surface area contributed by atoms with Crippen LogP contribution in [0.1, 0.15) is 41.7 Å². The molecule has 2 aromatic heterocycles. The summed E-state index contributed by atoms with van der Waals surface area (Å²) in [5, 5.41) is 14.2. The van der Waals surface area contributed by atoms with E-state index in [1.165, 1.54) is 46.2 Å². The second-order valence-electron chi connectivity index (χ2n) is 9.22. The molecule has 3 aromatic rings. The van der Waals surface area contributed by atoms with Gasteiger partial charge in [-0.2, -0.15) is 0 Å². The third-order valence-electron chi connectivity index (χ3n) is 6.38. The van der Waals surface area contributed by atoms with Crippen molar-refractivity contribution in [2.75, 3.05) is 26.8 Å². The molecule has 196 valence electrons. The highest BCUT2D eigenvalue weighted by Gasteiger charge is 2.50. The second-order valence-corrected chi connectivity index (χ2v) is 10.3. The fourth-order valence-electron chi connectivity index (χ4n) is 4.52. The van der Waals surface area contributed by atoms with Gasteiger partial charge in [-0.15, -0.1) is 11.3 Å². The SMILES string of the molecule is CCNC(=O)[C@]1(COC)CN(C(C)C)C(=O)c2c(O)c(=O)c(-c3ncc(Cc4ccc(F)cc4)s3)cn21. The second kappa shape index (κ2) is 10.4. The Labute approximate surface area is 217 Å². The van der Waals surface area contributed by atoms with E-state index < -0.39 is 28.5 Å². The predicted octanol–water partition coefficient (Wildman–Crippen LogP) is 2.75. The maximum absolute atomic E-state index is 13.5. The molecule has 0 saturated heterocycles. The van der Waals surface area contributed by atoms with E-state index in [0.717, 1.165) is 10.4 Å². The summed E-state index contributed by atoms with van der Waals surface area (Å²) < 4.78 is 20.1. The maximum atomic E-state index is 13.5. The van der Waals surface area contributed by atoms with Gasteiger partial charge in [0.1, 0.15) is 10.8 Å². The fraction of sp³-hybridized carbons (Fsp3) is 0.385. The molecule has 0 bridgehead atoms. The van der Waals surface area contributed by atoms with Gasteiger partial charge in [0.25, 0.3) is 11.8 Å². The highest BCUT2D eigenvalue weighted by molar-refractivity contribution is 7.15. The number of aromatic hydroxyl groups is 1. The molecule has 4 rings (SSSR count). The van der Waals surface area contributed by atoms with E-state index in [1.807, 2.05) is 0 Å². The lowest BCUT2D eigenvalue weighted by molar-refractivity contribution is -0.134. The summed E-state index contributed by atoms with van der Waals surface area (Å²) in [5.41, 5.74) is -1.51. The number of hydrogen-bond acceptors (Lipinski definition) is 7. The van der Waals surface area contributed by atoms with E-state index in [4.69, 9.17) is 4.74 Å². The van der Waals surface area contributed by atoms with Crippen LogP contribution in [0, 0.1) is 5.82 Å². The van der Waals surface area contributed by atoms with Crippen molar-refractivity contribution < 1.29 is 23.8 Å². The molecular formula is C26H29FN4O5S. The molecule has 11 heteroatoms. The Morgan fingerprint density at radius 3 is 2.62 bits per heavy atom. The van der Waals surface area contributed by atoms with Crippen molar-refractivity contribution in [1.29, 1.82) is 0 Å². The molecule has 1 aliphatic heterocycles. The first-order chi connectivity index (χ1) is 17.6. The first-order valence-electron chi connectivity index (χ1n) is 11.9. The molecule has 1 aromatic carbocycles. The standard InChI is InChI=1S/C26H29FN4O5S/c1-5-28-25(35)26(14-36-4)13-30(15(2)3)24(34)20-22(33)21(32)19(12-31(20)26)23-29-11-18(37-23)10-16-6-8-17(27)9-7-16/h6-9,11-12,15,33H,5,10,13-14H2,1-4H3,(H,28,35)/t26-/m1/s1. The lowest BCUT2D eigenvalue weighted by Gasteiger charge is -2.45. The molecule has 1 atom stereocenters. The van der Waals surface area contributed by atoms with Crippen LogP contribution in [0.2, 0.25) is 0 Å². The van der Waals surface area contributed by atoms with Crippen LogP contribution in [-0.4, -0.2) is 64.2 Å². The van der Waals surface area contributed by atoms with Gasteiger partial charge in [0.2, 0.25) is 5.43 Å². The lowest BCUT2D eigenvalue weighted by atomic mass is 9.92. The Morgan fingerprint density at radius 1 is 1.30 bits per heavy atom. The third-order valence-corrected chi connectivity index (χ3v) is 7.41. The largest absolute Gasteiger partial charge is 0.503 e. The van der Waals surface area contributed by atoms with E-state index >= 15 is 0 Å². The number of methoxy groups -OCH3 is 1. The zero-order chi connectivity index (χ0) is 26.9. The van der Waals surface area contributed by atoms with Crippen LogP contribution >= 0.6 is 11.3 Å². The lowest BCUT2D eigenvalue weighted by Crippen LogP contribution is -2.64. The van der Waals surface area contributed by atoms with E-state index in [-0.39, 0.29) is 36.3 Å². The van der Waals surface area contributed by atoms with Gasteiger partial charge in [0.05, 0.1) is 18.7 Å². The van der Waals surface area contributed by atoms with Crippen molar-refractivity contribution in [2.24, 2.45) is 0 Å². The van der Waals surface area contributed by atoms with Gasteiger partial charge < -0.3 is 24.6 Å². The minimum absolute atomic E-state index is 0.00832. The molecular weight excluding hydrogens is 499 g/mol. The number of benzene rings is 1. The van der Waals surface area contributed by atoms with Crippen LogP contribution in [0.3, 0.4) is 0 Å². The molecule has 2 N–H and O–H groups in total. The first-order valence-corrected chi connectivity index (χ1v) is 12.7. The smallest absolute Gasteiger partial charge is 0.274 e. The number of halogens is 1. The number of hydrogen-bond donors (Lipinski definition) is 2. The first kappa shape index (κ1) is 26.5. The Bertz CT molecular complexity index is 1380. The van der Waals surface area contributed by atoms with Crippen LogP contribution < -0.4 is 10.7 Å². The predicted molar refractivity (Wildman–Crippen MR) is 137 cm³/mol. The van der Waals surface area contributed by atoms with Crippen LogP contribution in [0.5, 0.6) is 5.75 Å². The summed E-state index contributed by atoms with van der Waals surface area (Å²) in [6.07, 6.45) is 3.51. The molecule has 1 aliphatic rings. The average molecular weight is 529 g/mol. The molecule has 0 radical (unpaired) electrons. The van der Waals surface area contributed by atoms with Gasteiger partial charge in [0.15, 0.2) is 17.0 Å². The number of likely N-dealkylation sites (N-methyl/N-ethyl adjacent to an activating group) is 1. The number of pyridine rings is 1. The van der Waals surface area contributed by atoms with Crippen LogP contribution in [0.4, 0.5) is 4.39 Å². The monoisotopic (exact) mass is 528 g/mol. The van der Waals surface area contributed by atoms with Crippen molar-refractivity contribution in [1.82, 2.24) is 19.8 Å². The number of carbonyl (C=O) groups is 2. The number of aromatic nitrogens is 2. The van der Waals surface area contributed by atoms with Crippen molar-refractivity contribution in [2.45, 2.75) is 38.8 Å². The van der Waals surface area contributed by atoms with Crippen molar-refractivity contribution in [3.8, 4) is 16.3 Å². The molecule has 37 heavy (non-hydrogen) atoms. The van der Waals surface area contributed by atoms with E-state index in [0.29, 0.717) is 18.0 Å². The third kappa shape index (κ3) is 4.76. The van der Waals surface area contributed by atoms with E-state index in [1.54, 1.807) is 39.1 Å². The molecule has 0 saturated carbocycles. The topological polar surface area (TPSA) is 114 Å². The van der Waals surface area contributed by atoms with Gasteiger partial charge >= 0.3 is 0 Å². The van der Waals surface area contributed by atoms with Crippen molar-refractivity contribution in [3.05, 3.63) is 68.8 Å². The van der Waals surface area contributed by atoms with Gasteiger partial charge in [-0.05, 0) is 38.5 Å². The zero-order valence-electron chi connectivity index (χ0n) is 21.1. The Kier molecular flexibility index (Phi) is 7.47. The zero-order valence-corrected chi connectivity index (χ0v) is 21.9. The highest BCUT2D eigenvalue weighted by Crippen LogP contribution is 2.35. The number of nitrogens with one attached hydrogen (secondary N) is 1. The van der Waals surface area contributed by atoms with E-state index in [2.05, 4.69) is 10.3 Å². The summed E-state index contributed by atoms with van der Waals surface area (Å²) >= 11 is 1.24. The van der Waals surface area contributed by atoms with Crippen molar-refractivity contribution in [3.63, 3.8) is 0 Å². The normalized spacial score (nSPS) is 17.2. The number of carbonyl (C=O) groups excluding carboxylic acids is 2. The fourth-order valence-corrected chi connectivity index (χ4v) is 5.47. The molecule has 0 aliphatic carbocycles.